The van der Waals surface area contributed by atoms with Gasteiger partial charge >= 0.3 is 0 Å². The maximum absolute atomic E-state index is 12.6. The molecular weight excluding hydrogens is 320 g/mol. The molecule has 124 valence electrons. The predicted molar refractivity (Wildman–Crippen MR) is 94.9 cm³/mol. The van der Waals surface area contributed by atoms with Gasteiger partial charge in [-0.3, -0.25) is 9.78 Å². The summed E-state index contributed by atoms with van der Waals surface area (Å²) in [4.78, 5) is 19.9. The number of aromatic nitrogens is 1. The Kier molecular flexibility index (Phi) is 4.34. The summed E-state index contributed by atoms with van der Waals surface area (Å²) in [5.41, 5.74) is 0. The molecule has 2 aliphatic rings. The maximum Gasteiger partial charge on any atom is 0.247 e. The molecule has 0 N–H and O–H groups in total. The first-order valence-corrected chi connectivity index (χ1v) is 9.28. The van der Waals surface area contributed by atoms with Crippen LogP contribution in [-0.2, 0) is 4.79 Å². The second-order valence-electron chi connectivity index (χ2n) is 6.38. The molecule has 24 heavy (non-hydrogen) atoms. The van der Waals surface area contributed by atoms with Gasteiger partial charge in [0.1, 0.15) is 11.9 Å². The highest BCUT2D eigenvalue weighted by Gasteiger charge is 2.43. The normalized spacial score (nSPS) is 26.0. The quantitative estimate of drug-likeness (QED) is 0.796. The van der Waals surface area contributed by atoms with Crippen LogP contribution in [-0.4, -0.2) is 34.0 Å². The van der Waals surface area contributed by atoms with E-state index in [1.54, 1.807) is 29.8 Å². The zero-order valence-corrected chi connectivity index (χ0v) is 14.2. The van der Waals surface area contributed by atoms with Crippen LogP contribution in [0.4, 0.5) is 0 Å². The minimum atomic E-state index is 0.135. The molecule has 2 unspecified atom stereocenters. The molecule has 2 aliphatic heterocycles. The molecule has 0 radical (unpaired) electrons. The standard InChI is InChI=1S/C19H20N2O2S/c22-19(8-7-18-4-2-10-24-18)21-14-5-6-15(21)12-17(11-14)23-16-3-1-9-20-13-16/h1-4,7-10,13-15,17H,5-6,11-12H2/b8-7+. The highest BCUT2D eigenvalue weighted by molar-refractivity contribution is 7.10. The fourth-order valence-corrected chi connectivity index (χ4v) is 4.44. The number of amides is 1. The van der Waals surface area contributed by atoms with Crippen LogP contribution in [0.3, 0.4) is 0 Å². The van der Waals surface area contributed by atoms with Gasteiger partial charge < -0.3 is 9.64 Å². The Morgan fingerprint density at radius 2 is 2.08 bits per heavy atom. The first-order valence-electron chi connectivity index (χ1n) is 8.40. The van der Waals surface area contributed by atoms with Crippen molar-refractivity contribution in [3.63, 3.8) is 0 Å². The van der Waals surface area contributed by atoms with E-state index in [0.717, 1.165) is 36.3 Å². The summed E-state index contributed by atoms with van der Waals surface area (Å²) in [6.07, 6.45) is 11.3. The Labute approximate surface area is 145 Å². The van der Waals surface area contributed by atoms with E-state index in [0.29, 0.717) is 12.1 Å². The van der Waals surface area contributed by atoms with Gasteiger partial charge in [-0.25, -0.2) is 0 Å². The number of fused-ring (bicyclic) bond motifs is 2. The minimum Gasteiger partial charge on any atom is -0.489 e. The topological polar surface area (TPSA) is 42.4 Å². The van der Waals surface area contributed by atoms with Gasteiger partial charge in [-0.15, -0.1) is 11.3 Å². The Hall–Kier alpha value is -2.14. The molecule has 2 saturated heterocycles. The molecule has 0 aromatic carbocycles. The van der Waals surface area contributed by atoms with Crippen LogP contribution in [0.1, 0.15) is 30.6 Å². The van der Waals surface area contributed by atoms with Gasteiger partial charge in [0.05, 0.1) is 6.20 Å². The highest BCUT2D eigenvalue weighted by atomic mass is 32.1. The Bertz CT molecular complexity index is 700. The van der Waals surface area contributed by atoms with E-state index >= 15 is 0 Å². The minimum absolute atomic E-state index is 0.135. The lowest BCUT2D eigenvalue weighted by Gasteiger charge is -2.38. The van der Waals surface area contributed by atoms with E-state index < -0.39 is 0 Å². The summed E-state index contributed by atoms with van der Waals surface area (Å²) >= 11 is 1.65. The summed E-state index contributed by atoms with van der Waals surface area (Å²) < 4.78 is 6.07. The van der Waals surface area contributed by atoms with Gasteiger partial charge in [0.15, 0.2) is 0 Å². The van der Waals surface area contributed by atoms with E-state index in [-0.39, 0.29) is 12.0 Å². The van der Waals surface area contributed by atoms with Crippen molar-refractivity contribution in [3.05, 3.63) is 53.0 Å². The van der Waals surface area contributed by atoms with Crippen molar-refractivity contribution in [2.45, 2.75) is 43.9 Å². The molecule has 2 aromatic rings. The van der Waals surface area contributed by atoms with Crippen LogP contribution in [0.5, 0.6) is 5.75 Å². The van der Waals surface area contributed by atoms with Crippen LogP contribution < -0.4 is 4.74 Å². The number of rotatable bonds is 4. The second kappa shape index (κ2) is 6.77. The molecule has 1 amide bonds. The number of pyridine rings is 1. The Morgan fingerprint density at radius 3 is 2.75 bits per heavy atom. The fourth-order valence-electron chi connectivity index (χ4n) is 3.82. The lowest BCUT2D eigenvalue weighted by Crippen LogP contribution is -2.48. The average Bonchev–Trinajstić information content (AvgIpc) is 3.20. The number of nitrogens with zero attached hydrogens (tertiary/aromatic N) is 2. The third kappa shape index (κ3) is 3.22. The molecule has 2 aromatic heterocycles. The predicted octanol–water partition coefficient (Wildman–Crippen LogP) is 3.76. The van der Waals surface area contributed by atoms with Crippen molar-refractivity contribution in [3.8, 4) is 5.75 Å². The molecule has 5 heteroatoms. The van der Waals surface area contributed by atoms with E-state index in [1.165, 1.54) is 0 Å². The molecule has 4 rings (SSSR count). The molecule has 4 heterocycles. The first-order chi connectivity index (χ1) is 11.8. The Balaban J connectivity index is 1.40. The smallest absolute Gasteiger partial charge is 0.247 e. The van der Waals surface area contributed by atoms with Gasteiger partial charge in [-0.1, -0.05) is 6.07 Å². The highest BCUT2D eigenvalue weighted by Crippen LogP contribution is 2.37. The van der Waals surface area contributed by atoms with Gasteiger partial charge in [-0.05, 0) is 42.5 Å². The van der Waals surface area contributed by atoms with Crippen molar-refractivity contribution < 1.29 is 9.53 Å². The van der Waals surface area contributed by atoms with Gasteiger partial charge in [0, 0.05) is 42.1 Å². The van der Waals surface area contributed by atoms with Gasteiger partial charge in [0.2, 0.25) is 5.91 Å². The molecule has 0 spiro atoms. The SMILES string of the molecule is O=C(/C=C/c1cccs1)N1C2CCC1CC(Oc1cccnc1)C2. The van der Waals surface area contributed by atoms with Crippen molar-refractivity contribution in [2.24, 2.45) is 0 Å². The third-order valence-corrected chi connectivity index (χ3v) is 5.65. The monoisotopic (exact) mass is 340 g/mol. The fraction of sp³-hybridized carbons (Fsp3) is 0.368. The van der Waals surface area contributed by atoms with Crippen molar-refractivity contribution in [1.29, 1.82) is 0 Å². The van der Waals surface area contributed by atoms with E-state index in [9.17, 15) is 4.79 Å². The number of carbonyl (C=O) groups is 1. The summed E-state index contributed by atoms with van der Waals surface area (Å²) in [5, 5.41) is 2.02. The number of hydrogen-bond acceptors (Lipinski definition) is 4. The average molecular weight is 340 g/mol. The maximum atomic E-state index is 12.6. The van der Waals surface area contributed by atoms with Crippen molar-refractivity contribution in [2.75, 3.05) is 0 Å². The van der Waals surface area contributed by atoms with E-state index in [4.69, 9.17) is 4.74 Å². The summed E-state index contributed by atoms with van der Waals surface area (Å²) in [5.74, 6) is 0.954. The molecular formula is C19H20N2O2S. The number of thiophene rings is 1. The molecule has 2 fully saturated rings. The van der Waals surface area contributed by atoms with Crippen LogP contribution >= 0.6 is 11.3 Å². The Morgan fingerprint density at radius 1 is 1.25 bits per heavy atom. The van der Waals surface area contributed by atoms with Crippen LogP contribution in [0.2, 0.25) is 0 Å². The molecule has 4 nitrogen and oxygen atoms in total. The summed E-state index contributed by atoms with van der Waals surface area (Å²) in [6, 6.07) is 8.45. The molecule has 2 bridgehead atoms. The number of hydrogen-bond donors (Lipinski definition) is 0. The first kappa shape index (κ1) is 15.4. The van der Waals surface area contributed by atoms with Crippen molar-refractivity contribution in [1.82, 2.24) is 9.88 Å². The zero-order valence-electron chi connectivity index (χ0n) is 13.4. The van der Waals surface area contributed by atoms with Gasteiger partial charge in [-0.2, -0.15) is 0 Å². The largest absolute Gasteiger partial charge is 0.489 e. The van der Waals surface area contributed by atoms with Crippen LogP contribution in [0, 0.1) is 0 Å². The van der Waals surface area contributed by atoms with E-state index in [2.05, 4.69) is 9.88 Å². The summed E-state index contributed by atoms with van der Waals surface area (Å²) in [6.45, 7) is 0. The molecule has 2 atom stereocenters. The van der Waals surface area contributed by atoms with Crippen molar-refractivity contribution >= 4 is 23.3 Å². The lowest BCUT2D eigenvalue weighted by atomic mass is 9.99. The van der Waals surface area contributed by atoms with Crippen LogP contribution in [0.25, 0.3) is 6.08 Å². The van der Waals surface area contributed by atoms with Crippen LogP contribution in [0.15, 0.2) is 48.1 Å². The second-order valence-corrected chi connectivity index (χ2v) is 7.36. The summed E-state index contributed by atoms with van der Waals surface area (Å²) in [7, 11) is 0. The molecule has 0 aliphatic carbocycles. The lowest BCUT2D eigenvalue weighted by molar-refractivity contribution is -0.131. The third-order valence-electron chi connectivity index (χ3n) is 4.81. The zero-order chi connectivity index (χ0) is 16.4. The van der Waals surface area contributed by atoms with E-state index in [1.807, 2.05) is 35.7 Å². The number of ether oxygens (including phenoxy) is 1. The molecule has 0 saturated carbocycles. The number of piperidine rings is 1. The number of carbonyl (C=O) groups excluding carboxylic acids is 1. The van der Waals surface area contributed by atoms with Gasteiger partial charge in [0.25, 0.3) is 0 Å².